The Hall–Kier alpha value is -3.61. The van der Waals surface area contributed by atoms with E-state index in [-0.39, 0.29) is 16.1 Å². The molecule has 0 saturated heterocycles. The average Bonchev–Trinajstić information content (AvgIpc) is 3.27. The fourth-order valence-corrected chi connectivity index (χ4v) is 6.45. The van der Waals surface area contributed by atoms with Crippen LogP contribution in [0.15, 0.2) is 94.2 Å². The molecule has 1 aliphatic rings. The van der Waals surface area contributed by atoms with Gasteiger partial charge in [-0.25, -0.2) is 8.42 Å². The summed E-state index contributed by atoms with van der Waals surface area (Å²) in [6, 6.07) is 23.8. The van der Waals surface area contributed by atoms with Crippen molar-refractivity contribution in [3.8, 4) is 0 Å². The SMILES string of the molecule is O=C(c1ccc(Cl)cc1)N(c1ccc2oc3c(c2c1)CCCC3)S(=O)(=O)c1ccc2ccccc2c1. The van der Waals surface area contributed by atoms with E-state index in [1.807, 2.05) is 24.3 Å². The molecule has 36 heavy (non-hydrogen) atoms. The van der Waals surface area contributed by atoms with E-state index < -0.39 is 15.9 Å². The largest absolute Gasteiger partial charge is 0.461 e. The predicted molar refractivity (Wildman–Crippen MR) is 142 cm³/mol. The van der Waals surface area contributed by atoms with Crippen molar-refractivity contribution in [3.05, 3.63) is 107 Å². The van der Waals surface area contributed by atoms with E-state index in [4.69, 9.17) is 16.0 Å². The van der Waals surface area contributed by atoms with Crippen molar-refractivity contribution in [2.24, 2.45) is 0 Å². The molecule has 1 aromatic heterocycles. The number of hydrogen-bond acceptors (Lipinski definition) is 4. The molecule has 5 nitrogen and oxygen atoms in total. The van der Waals surface area contributed by atoms with E-state index in [0.717, 1.165) is 57.5 Å². The van der Waals surface area contributed by atoms with E-state index in [1.54, 1.807) is 42.5 Å². The minimum absolute atomic E-state index is 0.0397. The number of benzene rings is 4. The van der Waals surface area contributed by atoms with Crippen molar-refractivity contribution in [2.45, 2.75) is 30.6 Å². The number of rotatable bonds is 4. The third kappa shape index (κ3) is 3.87. The lowest BCUT2D eigenvalue weighted by Gasteiger charge is -2.23. The molecule has 0 saturated carbocycles. The molecule has 0 fully saturated rings. The molecule has 1 amide bonds. The van der Waals surface area contributed by atoms with Crippen molar-refractivity contribution in [2.75, 3.05) is 4.31 Å². The average molecular weight is 516 g/mol. The van der Waals surface area contributed by atoms with Gasteiger partial charge in [-0.2, -0.15) is 4.31 Å². The standard InChI is InChI=1S/C29H22ClNO4S/c30-22-12-9-20(10-13-22)29(32)31(36(33,34)24-15-11-19-5-1-2-6-21(19)17-24)23-14-16-28-26(18-23)25-7-3-4-8-27(25)35-28/h1-2,5-6,9-18H,3-4,7-8H2. The van der Waals surface area contributed by atoms with Gasteiger partial charge in [0, 0.05) is 28.0 Å². The zero-order chi connectivity index (χ0) is 24.9. The molecule has 0 radical (unpaired) electrons. The molecule has 0 aliphatic heterocycles. The number of carbonyl (C=O) groups is 1. The van der Waals surface area contributed by atoms with Crippen LogP contribution in [0.3, 0.4) is 0 Å². The normalized spacial score (nSPS) is 13.6. The Bertz CT molecular complexity index is 1740. The lowest BCUT2D eigenvalue weighted by Crippen LogP contribution is -2.37. The summed E-state index contributed by atoms with van der Waals surface area (Å²) in [6.07, 6.45) is 3.85. The number of sulfonamides is 1. The van der Waals surface area contributed by atoms with Gasteiger partial charge < -0.3 is 4.42 Å². The lowest BCUT2D eigenvalue weighted by molar-refractivity contribution is 0.101. The van der Waals surface area contributed by atoms with E-state index in [0.29, 0.717) is 10.6 Å². The van der Waals surface area contributed by atoms with Crippen LogP contribution in [-0.2, 0) is 22.9 Å². The van der Waals surface area contributed by atoms with E-state index in [9.17, 15) is 13.2 Å². The highest BCUT2D eigenvalue weighted by Crippen LogP contribution is 2.36. The van der Waals surface area contributed by atoms with Gasteiger partial charge in [-0.05, 0) is 84.6 Å². The minimum atomic E-state index is -4.26. The van der Waals surface area contributed by atoms with Crippen LogP contribution >= 0.6 is 11.6 Å². The monoisotopic (exact) mass is 515 g/mol. The summed E-state index contributed by atoms with van der Waals surface area (Å²) in [4.78, 5) is 13.8. The highest BCUT2D eigenvalue weighted by atomic mass is 35.5. The van der Waals surface area contributed by atoms with Gasteiger partial charge in [0.25, 0.3) is 15.9 Å². The Kier molecular flexibility index (Phi) is 5.58. The molecule has 180 valence electrons. The molecule has 1 heterocycles. The van der Waals surface area contributed by atoms with Gasteiger partial charge in [-0.1, -0.05) is 41.9 Å². The number of furan rings is 1. The van der Waals surface area contributed by atoms with Gasteiger partial charge in [0.1, 0.15) is 11.3 Å². The quantitative estimate of drug-likeness (QED) is 0.255. The Morgan fingerprint density at radius 1 is 0.833 bits per heavy atom. The zero-order valence-electron chi connectivity index (χ0n) is 19.3. The Morgan fingerprint density at radius 3 is 2.39 bits per heavy atom. The van der Waals surface area contributed by atoms with Crippen molar-refractivity contribution in [1.29, 1.82) is 0 Å². The summed E-state index contributed by atoms with van der Waals surface area (Å²) < 4.78 is 35.1. The first-order valence-electron chi connectivity index (χ1n) is 11.8. The maximum atomic E-state index is 14.1. The Labute approximate surface area is 214 Å². The second-order valence-electron chi connectivity index (χ2n) is 8.98. The highest BCUT2D eigenvalue weighted by molar-refractivity contribution is 7.93. The molecule has 0 N–H and O–H groups in total. The number of halogens is 1. The number of nitrogens with zero attached hydrogens (tertiary/aromatic N) is 1. The third-order valence-electron chi connectivity index (χ3n) is 6.71. The van der Waals surface area contributed by atoms with Crippen molar-refractivity contribution >= 4 is 55.0 Å². The first-order valence-corrected chi connectivity index (χ1v) is 13.6. The second kappa shape index (κ2) is 8.80. The van der Waals surface area contributed by atoms with Gasteiger partial charge in [-0.15, -0.1) is 0 Å². The number of anilines is 1. The van der Waals surface area contributed by atoms with E-state index in [2.05, 4.69) is 0 Å². The summed E-state index contributed by atoms with van der Waals surface area (Å²) >= 11 is 6.02. The smallest absolute Gasteiger partial charge is 0.272 e. The summed E-state index contributed by atoms with van der Waals surface area (Å²) in [5, 5.41) is 3.00. The van der Waals surface area contributed by atoms with Gasteiger partial charge in [0.15, 0.2) is 0 Å². The predicted octanol–water partition coefficient (Wildman–Crippen LogP) is 7.15. The molecule has 5 aromatic rings. The van der Waals surface area contributed by atoms with Gasteiger partial charge >= 0.3 is 0 Å². The molecule has 0 unspecified atom stereocenters. The topological polar surface area (TPSA) is 67.6 Å². The van der Waals surface area contributed by atoms with Crippen molar-refractivity contribution < 1.29 is 17.6 Å². The molecule has 4 aromatic carbocycles. The third-order valence-corrected chi connectivity index (χ3v) is 8.67. The number of amides is 1. The summed E-state index contributed by atoms with van der Waals surface area (Å²) in [5.74, 6) is 0.290. The molecule has 0 atom stereocenters. The number of carbonyl (C=O) groups excluding carboxylic acids is 1. The van der Waals surface area contributed by atoms with Crippen molar-refractivity contribution in [3.63, 3.8) is 0 Å². The molecule has 0 spiro atoms. The van der Waals surface area contributed by atoms with Crippen LogP contribution in [0.1, 0.15) is 34.5 Å². The molecule has 1 aliphatic carbocycles. The first kappa shape index (κ1) is 22.8. The summed E-state index contributed by atoms with van der Waals surface area (Å²) in [7, 11) is -4.26. The number of fused-ring (bicyclic) bond motifs is 4. The molecular formula is C29H22ClNO4S. The summed E-state index contributed by atoms with van der Waals surface area (Å²) in [6.45, 7) is 0. The number of hydrogen-bond donors (Lipinski definition) is 0. The van der Waals surface area contributed by atoms with Gasteiger partial charge in [0.05, 0.1) is 10.6 Å². The maximum absolute atomic E-state index is 14.1. The molecular weight excluding hydrogens is 494 g/mol. The fraction of sp³-hybridized carbons (Fsp3) is 0.138. The highest BCUT2D eigenvalue weighted by Gasteiger charge is 2.33. The van der Waals surface area contributed by atoms with Crippen LogP contribution in [0, 0.1) is 0 Å². The van der Waals surface area contributed by atoms with Crippen LogP contribution in [0.4, 0.5) is 5.69 Å². The second-order valence-corrected chi connectivity index (χ2v) is 11.2. The summed E-state index contributed by atoms with van der Waals surface area (Å²) in [5.41, 5.74) is 2.29. The zero-order valence-corrected chi connectivity index (χ0v) is 20.9. The van der Waals surface area contributed by atoms with Gasteiger partial charge in [0.2, 0.25) is 0 Å². The van der Waals surface area contributed by atoms with Crippen LogP contribution in [-0.4, -0.2) is 14.3 Å². The molecule has 7 heteroatoms. The van der Waals surface area contributed by atoms with E-state index in [1.165, 1.54) is 18.2 Å². The van der Waals surface area contributed by atoms with Crippen LogP contribution in [0.5, 0.6) is 0 Å². The molecule has 0 bridgehead atoms. The maximum Gasteiger partial charge on any atom is 0.272 e. The van der Waals surface area contributed by atoms with Crippen molar-refractivity contribution in [1.82, 2.24) is 0 Å². The number of aryl methyl sites for hydroxylation is 2. The van der Waals surface area contributed by atoms with E-state index >= 15 is 0 Å². The van der Waals surface area contributed by atoms with Gasteiger partial charge in [-0.3, -0.25) is 4.79 Å². The van der Waals surface area contributed by atoms with Crippen LogP contribution in [0.25, 0.3) is 21.7 Å². The molecule has 6 rings (SSSR count). The Balaban J connectivity index is 1.54. The fourth-order valence-electron chi connectivity index (χ4n) is 4.89. The minimum Gasteiger partial charge on any atom is -0.461 e. The Morgan fingerprint density at radius 2 is 1.58 bits per heavy atom. The van der Waals surface area contributed by atoms with Crippen LogP contribution in [0.2, 0.25) is 5.02 Å². The van der Waals surface area contributed by atoms with Crippen LogP contribution < -0.4 is 4.31 Å². The first-order chi connectivity index (χ1) is 17.4. The lowest BCUT2D eigenvalue weighted by atomic mass is 9.96.